The fourth-order valence-electron chi connectivity index (χ4n) is 7.68. The van der Waals surface area contributed by atoms with Crippen molar-refractivity contribution in [3.63, 3.8) is 0 Å². The van der Waals surface area contributed by atoms with Gasteiger partial charge in [0.15, 0.2) is 17.5 Å². The van der Waals surface area contributed by atoms with E-state index in [1.165, 1.54) is 0 Å². The van der Waals surface area contributed by atoms with Gasteiger partial charge in [-0.15, -0.1) is 0 Å². The molecule has 0 unspecified atom stereocenters. The van der Waals surface area contributed by atoms with E-state index in [9.17, 15) is 10.5 Å². The van der Waals surface area contributed by atoms with E-state index in [1.54, 1.807) is 12.4 Å². The van der Waals surface area contributed by atoms with Crippen LogP contribution in [0.4, 0.5) is 0 Å². The first-order valence-corrected chi connectivity index (χ1v) is 19.1. The van der Waals surface area contributed by atoms with Crippen LogP contribution in [0.15, 0.2) is 188 Å². The van der Waals surface area contributed by atoms with E-state index < -0.39 is 0 Å². The number of benzene rings is 7. The van der Waals surface area contributed by atoms with Crippen LogP contribution in [0.2, 0.25) is 0 Å². The summed E-state index contributed by atoms with van der Waals surface area (Å²) >= 11 is 0. The molecule has 10 rings (SSSR count). The van der Waals surface area contributed by atoms with Crippen molar-refractivity contribution in [2.75, 3.05) is 0 Å². The van der Waals surface area contributed by atoms with Gasteiger partial charge in [-0.1, -0.05) is 103 Å². The van der Waals surface area contributed by atoms with Crippen LogP contribution in [-0.2, 0) is 0 Å². The average Bonchev–Trinajstić information content (AvgIpc) is 3.65. The second kappa shape index (κ2) is 14.9. The van der Waals surface area contributed by atoms with Gasteiger partial charge in [-0.25, -0.2) is 15.0 Å². The third kappa shape index (κ3) is 6.55. The highest BCUT2D eigenvalue weighted by Crippen LogP contribution is 2.41. The molecule has 0 aliphatic rings. The van der Waals surface area contributed by atoms with Crippen molar-refractivity contribution in [1.82, 2.24) is 24.5 Å². The van der Waals surface area contributed by atoms with Crippen molar-refractivity contribution in [3.05, 3.63) is 199 Å². The summed E-state index contributed by atoms with van der Waals surface area (Å²) in [5, 5.41) is 21.1. The molecule has 7 nitrogen and oxygen atoms in total. The lowest BCUT2D eigenvalue weighted by molar-refractivity contribution is 1.06. The maximum Gasteiger partial charge on any atom is 0.166 e. The molecule has 274 valence electrons. The predicted molar refractivity (Wildman–Crippen MR) is 234 cm³/mol. The van der Waals surface area contributed by atoms with Gasteiger partial charge >= 0.3 is 0 Å². The van der Waals surface area contributed by atoms with Crippen LogP contribution in [0, 0.1) is 22.7 Å². The Bertz CT molecular complexity index is 3080. The number of rotatable bonds is 7. The fourth-order valence-corrected chi connectivity index (χ4v) is 7.68. The summed E-state index contributed by atoms with van der Waals surface area (Å²) in [5.74, 6) is 1.70. The van der Waals surface area contributed by atoms with Crippen LogP contribution < -0.4 is 0 Å². The van der Waals surface area contributed by atoms with E-state index in [2.05, 4.69) is 76.3 Å². The maximum atomic E-state index is 9.47. The lowest BCUT2D eigenvalue weighted by Gasteiger charge is -2.16. The SMILES string of the molecule is N#Cc1ccc(-c2ccc3c(c2)c2cc(-c4ccc(C#N)cc4)ccc2n3-c2ccc(-c3ccncc3)cc2-c2nc(-c3ccccc3)nc(-c3ccccc3)n2)cc1. The number of hydrogen-bond donors (Lipinski definition) is 0. The van der Waals surface area contributed by atoms with Gasteiger partial charge in [0.2, 0.25) is 0 Å². The molecule has 0 aliphatic carbocycles. The summed E-state index contributed by atoms with van der Waals surface area (Å²) in [7, 11) is 0. The zero-order chi connectivity index (χ0) is 39.7. The smallest absolute Gasteiger partial charge is 0.166 e. The van der Waals surface area contributed by atoms with Crippen molar-refractivity contribution < 1.29 is 0 Å². The summed E-state index contributed by atoms with van der Waals surface area (Å²) in [6.07, 6.45) is 3.60. The number of hydrogen-bond acceptors (Lipinski definition) is 6. The number of pyridine rings is 1. The molecular formula is C52H31N7. The number of fused-ring (bicyclic) bond motifs is 3. The molecule has 0 radical (unpaired) electrons. The minimum absolute atomic E-state index is 0.544. The molecule has 59 heavy (non-hydrogen) atoms. The van der Waals surface area contributed by atoms with Crippen LogP contribution in [0.25, 0.3) is 95.0 Å². The monoisotopic (exact) mass is 753 g/mol. The summed E-state index contributed by atoms with van der Waals surface area (Å²) in [4.78, 5) is 19.7. The van der Waals surface area contributed by atoms with Crippen molar-refractivity contribution in [2.24, 2.45) is 0 Å². The highest BCUT2D eigenvalue weighted by atomic mass is 15.1. The van der Waals surface area contributed by atoms with Gasteiger partial charge in [0, 0.05) is 39.9 Å². The topological polar surface area (TPSA) is 104 Å². The molecule has 7 heteroatoms. The van der Waals surface area contributed by atoms with Crippen molar-refractivity contribution in [2.45, 2.75) is 0 Å². The molecule has 0 amide bonds. The largest absolute Gasteiger partial charge is 0.308 e. The van der Waals surface area contributed by atoms with Crippen LogP contribution >= 0.6 is 0 Å². The normalized spacial score (nSPS) is 11.0. The maximum absolute atomic E-state index is 9.47. The number of nitrogens with zero attached hydrogens (tertiary/aromatic N) is 7. The van der Waals surface area contributed by atoms with E-state index >= 15 is 0 Å². The third-order valence-electron chi connectivity index (χ3n) is 10.7. The number of aromatic nitrogens is 5. The van der Waals surface area contributed by atoms with E-state index in [1.807, 2.05) is 121 Å². The first kappa shape index (κ1) is 34.9. The van der Waals surface area contributed by atoms with Crippen LogP contribution in [-0.4, -0.2) is 24.5 Å². The molecule has 3 heterocycles. The quantitative estimate of drug-likeness (QED) is 0.160. The lowest BCUT2D eigenvalue weighted by atomic mass is 9.99. The Labute approximate surface area is 340 Å². The van der Waals surface area contributed by atoms with Gasteiger partial charge in [-0.3, -0.25) is 4.98 Å². The first-order valence-electron chi connectivity index (χ1n) is 19.1. The molecule has 0 atom stereocenters. The van der Waals surface area contributed by atoms with Crippen molar-refractivity contribution in [3.8, 4) is 85.4 Å². The number of nitriles is 2. The second-order valence-electron chi connectivity index (χ2n) is 14.2. The first-order chi connectivity index (χ1) is 29.1. The standard InChI is InChI=1S/C52H31N7/c53-32-34-11-15-36(16-12-34)41-19-22-47-44(29-41)45-30-42(37-17-13-35(33-54)14-18-37)20-23-48(45)59(47)49-24-21-43(38-25-27-55-28-26-38)31-46(49)52-57-50(39-7-3-1-4-8-39)56-51(58-52)40-9-5-2-6-10-40/h1-31H. The highest BCUT2D eigenvalue weighted by Gasteiger charge is 2.21. The van der Waals surface area contributed by atoms with E-state index in [4.69, 9.17) is 15.0 Å². The van der Waals surface area contributed by atoms with Gasteiger partial charge in [0.05, 0.1) is 40.0 Å². The molecule has 0 spiro atoms. The summed E-state index contributed by atoms with van der Waals surface area (Å²) in [5.41, 5.74) is 12.9. The Kier molecular flexibility index (Phi) is 8.80. The van der Waals surface area contributed by atoms with Crippen molar-refractivity contribution >= 4 is 21.8 Å². The van der Waals surface area contributed by atoms with Gasteiger partial charge in [0.1, 0.15) is 0 Å². The molecule has 0 N–H and O–H groups in total. The average molecular weight is 754 g/mol. The third-order valence-corrected chi connectivity index (χ3v) is 10.7. The van der Waals surface area contributed by atoms with Crippen LogP contribution in [0.1, 0.15) is 11.1 Å². The molecule has 0 bridgehead atoms. The Hall–Kier alpha value is -8.52. The Morgan fingerprint density at radius 3 is 1.29 bits per heavy atom. The lowest BCUT2D eigenvalue weighted by Crippen LogP contribution is -2.04. The molecule has 3 aromatic heterocycles. The minimum Gasteiger partial charge on any atom is -0.308 e. The second-order valence-corrected chi connectivity index (χ2v) is 14.2. The van der Waals surface area contributed by atoms with Crippen LogP contribution in [0.5, 0.6) is 0 Å². The molecule has 0 saturated carbocycles. The highest BCUT2D eigenvalue weighted by molar-refractivity contribution is 6.12. The van der Waals surface area contributed by atoms with Gasteiger partial charge in [0.25, 0.3) is 0 Å². The van der Waals surface area contributed by atoms with Gasteiger partial charge < -0.3 is 4.57 Å². The van der Waals surface area contributed by atoms with E-state index in [-0.39, 0.29) is 0 Å². The van der Waals surface area contributed by atoms with Gasteiger partial charge in [-0.2, -0.15) is 10.5 Å². The van der Waals surface area contributed by atoms with E-state index in [0.717, 1.165) is 77.6 Å². The molecule has 0 fully saturated rings. The Morgan fingerprint density at radius 1 is 0.373 bits per heavy atom. The van der Waals surface area contributed by atoms with Crippen molar-refractivity contribution in [1.29, 1.82) is 10.5 Å². The zero-order valence-electron chi connectivity index (χ0n) is 31.5. The molecular weight excluding hydrogens is 723 g/mol. The fraction of sp³-hybridized carbons (Fsp3) is 0. The zero-order valence-corrected chi connectivity index (χ0v) is 31.5. The van der Waals surface area contributed by atoms with Gasteiger partial charge in [-0.05, 0) is 106 Å². The van der Waals surface area contributed by atoms with Crippen LogP contribution in [0.3, 0.4) is 0 Å². The minimum atomic E-state index is 0.544. The van der Waals surface area contributed by atoms with E-state index in [0.29, 0.717) is 28.6 Å². The Morgan fingerprint density at radius 2 is 0.797 bits per heavy atom. The summed E-state index contributed by atoms with van der Waals surface area (Å²) in [6, 6.07) is 63.4. The molecule has 0 aliphatic heterocycles. The summed E-state index contributed by atoms with van der Waals surface area (Å²) in [6.45, 7) is 0. The molecule has 10 aromatic rings. The summed E-state index contributed by atoms with van der Waals surface area (Å²) < 4.78 is 2.30. The molecule has 0 saturated heterocycles. The predicted octanol–water partition coefficient (Wildman–Crippen LogP) is 12.1. The molecule has 7 aromatic carbocycles. The Balaban J connectivity index is 1.26.